The molecule has 180 valence electrons. The van der Waals surface area contributed by atoms with Crippen LogP contribution in [-0.4, -0.2) is 55.5 Å². The maximum absolute atomic E-state index is 13.2. The van der Waals surface area contributed by atoms with Crippen molar-refractivity contribution in [3.8, 4) is 11.1 Å². The molecule has 1 heterocycles. The van der Waals surface area contributed by atoms with Crippen LogP contribution in [0.5, 0.6) is 0 Å². The Labute approximate surface area is 203 Å². The van der Waals surface area contributed by atoms with Crippen molar-refractivity contribution in [3.05, 3.63) is 89.5 Å². The van der Waals surface area contributed by atoms with Crippen LogP contribution in [-0.2, 0) is 21.4 Å². The lowest BCUT2D eigenvalue weighted by atomic mass is 10.0. The highest BCUT2D eigenvalue weighted by Crippen LogP contribution is 2.27. The molecule has 0 bridgehead atoms. The summed E-state index contributed by atoms with van der Waals surface area (Å²) in [7, 11) is -3.94. The zero-order valence-electron chi connectivity index (χ0n) is 18.8. The zero-order chi connectivity index (χ0) is 25.2. The standard InChI is InChI=1S/C25H25N5O4S/c26-24(27)18-10-8-17(9-11-18)15-29-12-13-30(16-23(29)31)25(32)20-5-3-4-19(14-20)21-6-1-2-7-22(21)35(28,33)34/h1-11,14H,12-13,15-16H2,(H3,26,27)(H2,28,33,34). The van der Waals surface area contributed by atoms with Crippen molar-refractivity contribution in [2.45, 2.75) is 11.4 Å². The van der Waals surface area contributed by atoms with E-state index in [2.05, 4.69) is 0 Å². The molecular weight excluding hydrogens is 466 g/mol. The van der Waals surface area contributed by atoms with Crippen molar-refractivity contribution in [2.75, 3.05) is 19.6 Å². The normalized spacial score (nSPS) is 14.1. The van der Waals surface area contributed by atoms with Gasteiger partial charge in [-0.2, -0.15) is 0 Å². The summed E-state index contributed by atoms with van der Waals surface area (Å²) in [5.74, 6) is -0.494. The first-order valence-corrected chi connectivity index (χ1v) is 12.4. The molecule has 1 aliphatic rings. The summed E-state index contributed by atoms with van der Waals surface area (Å²) in [5, 5.41) is 12.8. The van der Waals surface area contributed by atoms with Gasteiger partial charge in [-0.05, 0) is 29.3 Å². The van der Waals surface area contributed by atoms with E-state index in [0.717, 1.165) is 5.56 Å². The van der Waals surface area contributed by atoms with E-state index in [0.29, 0.717) is 41.9 Å². The topological polar surface area (TPSA) is 151 Å². The highest BCUT2D eigenvalue weighted by atomic mass is 32.2. The number of nitrogens with zero attached hydrogens (tertiary/aromatic N) is 2. The molecule has 0 saturated carbocycles. The maximum atomic E-state index is 13.2. The number of carbonyl (C=O) groups excluding carboxylic acids is 2. The van der Waals surface area contributed by atoms with Crippen LogP contribution in [0.25, 0.3) is 11.1 Å². The summed E-state index contributed by atoms with van der Waals surface area (Å²) in [6.07, 6.45) is 0. The first kappa shape index (κ1) is 24.1. The van der Waals surface area contributed by atoms with Crippen molar-refractivity contribution >= 4 is 27.7 Å². The number of benzene rings is 3. The van der Waals surface area contributed by atoms with E-state index in [1.807, 2.05) is 12.1 Å². The second-order valence-corrected chi connectivity index (χ2v) is 9.80. The number of nitrogen functional groups attached to an aromatic ring is 1. The first-order chi connectivity index (χ1) is 16.6. The van der Waals surface area contributed by atoms with Gasteiger partial charge < -0.3 is 15.5 Å². The second kappa shape index (κ2) is 9.69. The monoisotopic (exact) mass is 491 g/mol. The molecule has 10 heteroatoms. The molecule has 2 amide bonds. The van der Waals surface area contributed by atoms with Crippen molar-refractivity contribution in [2.24, 2.45) is 10.9 Å². The molecule has 0 atom stereocenters. The van der Waals surface area contributed by atoms with Gasteiger partial charge in [0.25, 0.3) is 5.91 Å². The van der Waals surface area contributed by atoms with Crippen LogP contribution in [0, 0.1) is 5.41 Å². The van der Waals surface area contributed by atoms with Gasteiger partial charge in [0.05, 0.1) is 4.90 Å². The molecule has 9 nitrogen and oxygen atoms in total. The van der Waals surface area contributed by atoms with Crippen LogP contribution in [0.1, 0.15) is 21.5 Å². The van der Waals surface area contributed by atoms with Crippen molar-refractivity contribution in [3.63, 3.8) is 0 Å². The van der Waals surface area contributed by atoms with E-state index in [4.69, 9.17) is 16.3 Å². The first-order valence-electron chi connectivity index (χ1n) is 10.9. The summed E-state index contributed by atoms with van der Waals surface area (Å²) in [5.41, 5.74) is 8.30. The Kier molecular flexibility index (Phi) is 6.68. The zero-order valence-corrected chi connectivity index (χ0v) is 19.7. The van der Waals surface area contributed by atoms with Gasteiger partial charge in [0.2, 0.25) is 15.9 Å². The molecule has 1 aliphatic heterocycles. The average Bonchev–Trinajstić information content (AvgIpc) is 2.84. The molecule has 5 N–H and O–H groups in total. The fourth-order valence-electron chi connectivity index (χ4n) is 4.01. The third kappa shape index (κ3) is 5.39. The van der Waals surface area contributed by atoms with Gasteiger partial charge in [-0.1, -0.05) is 54.6 Å². The number of nitrogens with one attached hydrogen (secondary N) is 1. The lowest BCUT2D eigenvalue weighted by Crippen LogP contribution is -2.51. The van der Waals surface area contributed by atoms with E-state index in [9.17, 15) is 18.0 Å². The van der Waals surface area contributed by atoms with E-state index < -0.39 is 10.0 Å². The quantitative estimate of drug-likeness (QED) is 0.355. The number of sulfonamides is 1. The number of hydrogen-bond donors (Lipinski definition) is 3. The van der Waals surface area contributed by atoms with Gasteiger partial charge in [-0.15, -0.1) is 0 Å². The smallest absolute Gasteiger partial charge is 0.254 e. The predicted octanol–water partition coefficient (Wildman–Crippen LogP) is 1.77. The fourth-order valence-corrected chi connectivity index (χ4v) is 4.78. The molecule has 1 saturated heterocycles. The Balaban J connectivity index is 1.47. The van der Waals surface area contributed by atoms with Crippen LogP contribution in [0.15, 0.2) is 77.7 Å². The van der Waals surface area contributed by atoms with Crippen LogP contribution >= 0.6 is 0 Å². The third-order valence-electron chi connectivity index (χ3n) is 5.86. The Morgan fingerprint density at radius 3 is 2.31 bits per heavy atom. The molecule has 0 aromatic heterocycles. The van der Waals surface area contributed by atoms with Crippen molar-refractivity contribution < 1.29 is 18.0 Å². The van der Waals surface area contributed by atoms with Crippen LogP contribution in [0.2, 0.25) is 0 Å². The molecule has 3 aromatic carbocycles. The van der Waals surface area contributed by atoms with E-state index in [1.165, 1.54) is 11.0 Å². The number of rotatable bonds is 6. The predicted molar refractivity (Wildman–Crippen MR) is 132 cm³/mol. The highest BCUT2D eigenvalue weighted by molar-refractivity contribution is 7.89. The Bertz CT molecular complexity index is 1400. The van der Waals surface area contributed by atoms with E-state index in [1.54, 1.807) is 59.5 Å². The van der Waals surface area contributed by atoms with Gasteiger partial charge in [0.1, 0.15) is 12.4 Å². The summed E-state index contributed by atoms with van der Waals surface area (Å²) >= 11 is 0. The van der Waals surface area contributed by atoms with Crippen LogP contribution in [0.3, 0.4) is 0 Å². The number of primary sulfonamides is 1. The van der Waals surface area contributed by atoms with Gasteiger partial charge in [0.15, 0.2) is 0 Å². The minimum atomic E-state index is -3.94. The Morgan fingerprint density at radius 1 is 0.943 bits per heavy atom. The second-order valence-electron chi connectivity index (χ2n) is 8.27. The van der Waals surface area contributed by atoms with Crippen molar-refractivity contribution in [1.82, 2.24) is 9.80 Å². The lowest BCUT2D eigenvalue weighted by molar-refractivity contribution is -0.135. The summed E-state index contributed by atoms with van der Waals surface area (Å²) in [4.78, 5) is 29.1. The molecular formula is C25H25N5O4S. The number of piperazine rings is 1. The van der Waals surface area contributed by atoms with Crippen molar-refractivity contribution in [1.29, 1.82) is 5.41 Å². The molecule has 1 fully saturated rings. The molecule has 0 radical (unpaired) electrons. The number of carbonyl (C=O) groups is 2. The molecule has 4 rings (SSSR count). The minimum absolute atomic E-state index is 0.0167. The minimum Gasteiger partial charge on any atom is -0.384 e. The van der Waals surface area contributed by atoms with Crippen LogP contribution in [0.4, 0.5) is 0 Å². The molecule has 3 aromatic rings. The molecule has 0 aliphatic carbocycles. The van der Waals surface area contributed by atoms with Gasteiger partial charge >= 0.3 is 0 Å². The largest absolute Gasteiger partial charge is 0.384 e. The number of amidine groups is 1. The molecule has 35 heavy (non-hydrogen) atoms. The van der Waals surface area contributed by atoms with Gasteiger partial charge in [-0.25, -0.2) is 13.6 Å². The lowest BCUT2D eigenvalue weighted by Gasteiger charge is -2.34. The van der Waals surface area contributed by atoms with E-state index >= 15 is 0 Å². The molecule has 0 spiro atoms. The third-order valence-corrected chi connectivity index (χ3v) is 6.83. The summed E-state index contributed by atoms with van der Waals surface area (Å²) in [6, 6.07) is 20.1. The molecule has 0 unspecified atom stereocenters. The fraction of sp³-hybridized carbons (Fsp3) is 0.160. The Hall–Kier alpha value is -4.02. The number of nitrogens with two attached hydrogens (primary N) is 2. The average molecular weight is 492 g/mol. The van der Waals surface area contributed by atoms with Gasteiger partial charge in [0, 0.05) is 36.3 Å². The van der Waals surface area contributed by atoms with Crippen LogP contribution < -0.4 is 10.9 Å². The SMILES string of the molecule is N=C(N)c1ccc(CN2CCN(C(=O)c3cccc(-c4ccccc4S(N)(=O)=O)c3)CC2=O)cc1. The summed E-state index contributed by atoms with van der Waals surface area (Å²) < 4.78 is 24.0. The maximum Gasteiger partial charge on any atom is 0.254 e. The van der Waals surface area contributed by atoms with Gasteiger partial charge in [-0.3, -0.25) is 15.0 Å². The Morgan fingerprint density at radius 2 is 1.66 bits per heavy atom. The number of amides is 2. The number of hydrogen-bond acceptors (Lipinski definition) is 5. The highest BCUT2D eigenvalue weighted by Gasteiger charge is 2.28. The van der Waals surface area contributed by atoms with E-state index in [-0.39, 0.29) is 29.1 Å². The summed E-state index contributed by atoms with van der Waals surface area (Å²) in [6.45, 7) is 1.10.